The highest BCUT2D eigenvalue weighted by atomic mass is 32.2. The summed E-state index contributed by atoms with van der Waals surface area (Å²) in [6.07, 6.45) is 5.43. The number of pyridine rings is 1. The molecular weight excluding hydrogens is 330 g/mol. The van der Waals surface area contributed by atoms with Crippen molar-refractivity contribution < 1.29 is 4.21 Å². The van der Waals surface area contributed by atoms with Crippen LogP contribution in [-0.2, 0) is 17.3 Å². The van der Waals surface area contributed by atoms with Crippen molar-refractivity contribution in [2.24, 2.45) is 0 Å². The lowest BCUT2D eigenvalue weighted by molar-refractivity contribution is 0.153. The lowest BCUT2D eigenvalue weighted by Gasteiger charge is -2.40. The number of fused-ring (bicyclic) bond motifs is 1. The van der Waals surface area contributed by atoms with Gasteiger partial charge >= 0.3 is 0 Å². The van der Waals surface area contributed by atoms with E-state index in [0.717, 1.165) is 30.2 Å². The Morgan fingerprint density at radius 2 is 1.92 bits per heavy atom. The second-order valence-corrected chi connectivity index (χ2v) is 7.95. The third-order valence-electron chi connectivity index (χ3n) is 4.63. The van der Waals surface area contributed by atoms with Gasteiger partial charge in [0.2, 0.25) is 0 Å². The molecule has 0 aliphatic carbocycles. The maximum Gasteiger partial charge on any atom is 0.0515 e. The van der Waals surface area contributed by atoms with Gasteiger partial charge in [0, 0.05) is 65.1 Å². The van der Waals surface area contributed by atoms with Gasteiger partial charge in [-0.2, -0.15) is 0 Å². The topological polar surface area (TPSA) is 45.2 Å². The van der Waals surface area contributed by atoms with Gasteiger partial charge in [0.05, 0.1) is 6.04 Å². The molecule has 3 aromatic rings. The van der Waals surface area contributed by atoms with Crippen LogP contribution in [0.5, 0.6) is 0 Å². The molecule has 25 heavy (non-hydrogen) atoms. The quantitative estimate of drug-likeness (QED) is 0.766. The minimum atomic E-state index is -0.904. The Morgan fingerprint density at radius 1 is 1.12 bits per heavy atom. The van der Waals surface area contributed by atoms with E-state index in [1.807, 2.05) is 30.6 Å². The number of nitrogens with one attached hydrogen (secondary N) is 1. The van der Waals surface area contributed by atoms with Gasteiger partial charge in [-0.3, -0.25) is 14.1 Å². The van der Waals surface area contributed by atoms with Gasteiger partial charge in [0.15, 0.2) is 0 Å². The highest BCUT2D eigenvalue weighted by Crippen LogP contribution is 2.22. The van der Waals surface area contributed by atoms with Crippen molar-refractivity contribution in [1.82, 2.24) is 9.88 Å². The SMILES string of the molecule is CS(=O)c1ccc(CN2CC(Nc3ccc4cnccc4c3)C2)cc1. The normalized spacial score (nSPS) is 16.5. The van der Waals surface area contributed by atoms with Gasteiger partial charge < -0.3 is 5.32 Å². The summed E-state index contributed by atoms with van der Waals surface area (Å²) in [7, 11) is -0.904. The van der Waals surface area contributed by atoms with Crippen molar-refractivity contribution in [2.75, 3.05) is 24.7 Å². The van der Waals surface area contributed by atoms with Gasteiger partial charge in [-0.1, -0.05) is 18.2 Å². The lowest BCUT2D eigenvalue weighted by Crippen LogP contribution is -2.53. The molecule has 0 saturated carbocycles. The van der Waals surface area contributed by atoms with Crippen molar-refractivity contribution in [1.29, 1.82) is 0 Å². The minimum absolute atomic E-state index is 0.488. The van der Waals surface area contributed by atoms with Crippen LogP contribution < -0.4 is 5.32 Å². The fourth-order valence-electron chi connectivity index (χ4n) is 3.24. The maximum atomic E-state index is 11.4. The van der Waals surface area contributed by atoms with Crippen molar-refractivity contribution in [2.45, 2.75) is 17.5 Å². The van der Waals surface area contributed by atoms with Crippen LogP contribution >= 0.6 is 0 Å². The summed E-state index contributed by atoms with van der Waals surface area (Å²) in [5.74, 6) is 0. The van der Waals surface area contributed by atoms with Gasteiger partial charge in [-0.05, 0) is 41.3 Å². The number of rotatable bonds is 5. The molecule has 1 saturated heterocycles. The molecule has 1 unspecified atom stereocenters. The van der Waals surface area contributed by atoms with Crippen LogP contribution in [0.1, 0.15) is 5.56 Å². The molecule has 1 fully saturated rings. The van der Waals surface area contributed by atoms with Gasteiger partial charge in [-0.25, -0.2) is 0 Å². The smallest absolute Gasteiger partial charge is 0.0515 e. The van der Waals surface area contributed by atoms with Gasteiger partial charge in [0.25, 0.3) is 0 Å². The van der Waals surface area contributed by atoms with E-state index >= 15 is 0 Å². The molecule has 4 nitrogen and oxygen atoms in total. The molecule has 0 amide bonds. The molecule has 1 aliphatic heterocycles. The Balaban J connectivity index is 1.31. The predicted octanol–water partition coefficient (Wildman–Crippen LogP) is 3.27. The van der Waals surface area contributed by atoms with Crippen molar-refractivity contribution >= 4 is 27.3 Å². The number of hydrogen-bond acceptors (Lipinski definition) is 4. The molecule has 2 heterocycles. The minimum Gasteiger partial charge on any atom is -0.380 e. The second kappa shape index (κ2) is 6.94. The molecule has 1 aromatic heterocycles. The molecule has 1 N–H and O–H groups in total. The van der Waals surface area contributed by atoms with Crippen LogP contribution in [0.15, 0.2) is 65.8 Å². The third kappa shape index (κ3) is 3.72. The lowest BCUT2D eigenvalue weighted by atomic mass is 10.1. The van der Waals surface area contributed by atoms with Gasteiger partial charge in [0.1, 0.15) is 0 Å². The average Bonchev–Trinajstić information content (AvgIpc) is 2.60. The van der Waals surface area contributed by atoms with E-state index in [2.05, 4.69) is 45.5 Å². The number of hydrogen-bond donors (Lipinski definition) is 1. The van der Waals surface area contributed by atoms with E-state index in [1.165, 1.54) is 16.3 Å². The Labute approximate surface area is 150 Å². The highest BCUT2D eigenvalue weighted by molar-refractivity contribution is 7.84. The summed E-state index contributed by atoms with van der Waals surface area (Å²) in [6, 6.07) is 17.0. The summed E-state index contributed by atoms with van der Waals surface area (Å²) in [6.45, 7) is 3.02. The Morgan fingerprint density at radius 3 is 2.68 bits per heavy atom. The first-order chi connectivity index (χ1) is 12.2. The zero-order valence-corrected chi connectivity index (χ0v) is 15.0. The fourth-order valence-corrected chi connectivity index (χ4v) is 3.76. The van der Waals surface area contributed by atoms with Crippen molar-refractivity contribution in [3.05, 3.63) is 66.5 Å². The van der Waals surface area contributed by atoms with E-state index in [-0.39, 0.29) is 0 Å². The monoisotopic (exact) mass is 351 g/mol. The molecule has 4 rings (SSSR count). The molecular formula is C20H21N3OS. The number of nitrogens with zero attached hydrogens (tertiary/aromatic N) is 2. The molecule has 0 bridgehead atoms. The summed E-state index contributed by atoms with van der Waals surface area (Å²) >= 11 is 0. The second-order valence-electron chi connectivity index (χ2n) is 6.57. The van der Waals surface area contributed by atoms with Crippen molar-refractivity contribution in [3.8, 4) is 0 Å². The summed E-state index contributed by atoms with van der Waals surface area (Å²) < 4.78 is 11.4. The Bertz CT molecular complexity index is 904. The summed E-state index contributed by atoms with van der Waals surface area (Å²) in [5.41, 5.74) is 2.43. The van der Waals surface area contributed by atoms with Crippen molar-refractivity contribution in [3.63, 3.8) is 0 Å². The number of likely N-dealkylation sites (tertiary alicyclic amines) is 1. The van der Waals surface area contributed by atoms with E-state index in [9.17, 15) is 4.21 Å². The first-order valence-electron chi connectivity index (χ1n) is 8.42. The third-order valence-corrected chi connectivity index (χ3v) is 5.57. The van der Waals surface area contributed by atoms with E-state index in [0.29, 0.717) is 6.04 Å². The van der Waals surface area contributed by atoms with E-state index in [1.54, 1.807) is 6.26 Å². The average molecular weight is 351 g/mol. The van der Waals surface area contributed by atoms with Crippen LogP contribution in [0, 0.1) is 0 Å². The molecule has 0 radical (unpaired) electrons. The van der Waals surface area contributed by atoms with Crippen LogP contribution in [0.25, 0.3) is 10.8 Å². The number of aromatic nitrogens is 1. The highest BCUT2D eigenvalue weighted by Gasteiger charge is 2.26. The zero-order valence-electron chi connectivity index (χ0n) is 14.2. The van der Waals surface area contributed by atoms with Crippen LogP contribution in [0.2, 0.25) is 0 Å². The molecule has 1 atom stereocenters. The Kier molecular flexibility index (Phi) is 4.51. The largest absolute Gasteiger partial charge is 0.380 e. The molecule has 1 aliphatic rings. The summed E-state index contributed by atoms with van der Waals surface area (Å²) in [5, 5.41) is 5.99. The van der Waals surface area contributed by atoms with Crippen LogP contribution in [0.3, 0.4) is 0 Å². The number of anilines is 1. The van der Waals surface area contributed by atoms with E-state index < -0.39 is 10.8 Å². The Hall–Kier alpha value is -2.24. The molecule has 0 spiro atoms. The van der Waals surface area contributed by atoms with Gasteiger partial charge in [-0.15, -0.1) is 0 Å². The zero-order chi connectivity index (χ0) is 17.2. The van der Waals surface area contributed by atoms with E-state index in [4.69, 9.17) is 0 Å². The summed E-state index contributed by atoms with van der Waals surface area (Å²) in [4.78, 5) is 7.46. The predicted molar refractivity (Wildman–Crippen MR) is 103 cm³/mol. The maximum absolute atomic E-state index is 11.4. The first-order valence-corrected chi connectivity index (χ1v) is 9.98. The molecule has 128 valence electrons. The van der Waals surface area contributed by atoms with Crippen LogP contribution in [0.4, 0.5) is 5.69 Å². The fraction of sp³-hybridized carbons (Fsp3) is 0.250. The van der Waals surface area contributed by atoms with Crippen LogP contribution in [-0.4, -0.2) is 39.5 Å². The number of benzene rings is 2. The molecule has 5 heteroatoms. The molecule has 2 aromatic carbocycles. The first kappa shape index (κ1) is 16.2. The standard InChI is InChI=1S/C20H21N3OS/c1-25(24)20-6-2-15(3-7-20)12-23-13-19(14-23)22-18-5-4-17-11-21-9-8-16(17)10-18/h2-11,19,22H,12-14H2,1H3.